The van der Waals surface area contributed by atoms with Gasteiger partial charge in [0.15, 0.2) is 5.96 Å². The van der Waals surface area contributed by atoms with Crippen LogP contribution < -0.4 is 16.8 Å². The van der Waals surface area contributed by atoms with Gasteiger partial charge in [-0.15, -0.1) is 0 Å². The number of para-hydroxylation sites is 1. The molecule has 5 nitrogen and oxygen atoms in total. The summed E-state index contributed by atoms with van der Waals surface area (Å²) in [7, 11) is 0. The number of aryl methyl sites for hydroxylation is 2. The highest BCUT2D eigenvalue weighted by atomic mass is 16.1. The first-order chi connectivity index (χ1) is 9.81. The van der Waals surface area contributed by atoms with Gasteiger partial charge in [0.05, 0.1) is 12.0 Å². The van der Waals surface area contributed by atoms with Crippen molar-refractivity contribution in [2.75, 3.05) is 11.9 Å². The van der Waals surface area contributed by atoms with Crippen molar-refractivity contribution in [2.24, 2.45) is 21.9 Å². The number of carbonyl (C=O) groups is 1. The lowest BCUT2D eigenvalue weighted by Gasteiger charge is -2.19. The number of nitrogens with two attached hydrogens (primary N) is 2. The van der Waals surface area contributed by atoms with E-state index in [0.29, 0.717) is 5.96 Å². The molecule has 0 saturated heterocycles. The summed E-state index contributed by atoms with van der Waals surface area (Å²) in [6.45, 7) is 7.97. The molecule has 1 aromatic rings. The first kappa shape index (κ1) is 17.0. The topological polar surface area (TPSA) is 93.5 Å². The molecule has 1 aromatic carbocycles. The molecule has 0 heterocycles. The van der Waals surface area contributed by atoms with Gasteiger partial charge < -0.3 is 16.8 Å². The fraction of sp³-hybridized carbons (Fsp3) is 0.500. The van der Waals surface area contributed by atoms with Crippen LogP contribution in [0.15, 0.2) is 23.2 Å². The van der Waals surface area contributed by atoms with Crippen LogP contribution in [0.2, 0.25) is 0 Å². The third-order valence-corrected chi connectivity index (χ3v) is 3.56. The normalized spacial score (nSPS) is 12.3. The second kappa shape index (κ2) is 7.11. The number of amides is 1. The summed E-state index contributed by atoms with van der Waals surface area (Å²) in [6, 6.07) is 6.19. The Balaban J connectivity index is 2.93. The Hall–Kier alpha value is -2.04. The number of nitrogens with zero attached hydrogens (tertiary/aromatic N) is 1. The van der Waals surface area contributed by atoms with Crippen LogP contribution >= 0.6 is 0 Å². The first-order valence-electron chi connectivity index (χ1n) is 7.29. The zero-order valence-electron chi connectivity index (χ0n) is 13.4. The smallest absolute Gasteiger partial charge is 0.224 e. The molecular weight excluding hydrogens is 264 g/mol. The molecule has 0 aliphatic rings. The number of primary amides is 1. The van der Waals surface area contributed by atoms with Crippen molar-refractivity contribution in [1.82, 2.24) is 0 Å². The minimum Gasteiger partial charge on any atom is -0.370 e. The van der Waals surface area contributed by atoms with Crippen LogP contribution in [0, 0.1) is 5.41 Å². The van der Waals surface area contributed by atoms with Crippen molar-refractivity contribution >= 4 is 17.6 Å². The van der Waals surface area contributed by atoms with E-state index >= 15 is 0 Å². The zero-order valence-corrected chi connectivity index (χ0v) is 13.4. The molecule has 0 atom stereocenters. The molecule has 1 amide bonds. The lowest BCUT2D eigenvalue weighted by Crippen LogP contribution is -2.35. The monoisotopic (exact) mass is 290 g/mol. The van der Waals surface area contributed by atoms with Crippen LogP contribution in [-0.2, 0) is 17.6 Å². The van der Waals surface area contributed by atoms with E-state index in [1.54, 1.807) is 13.8 Å². The number of anilines is 1. The number of guanidine groups is 1. The molecule has 5 N–H and O–H groups in total. The van der Waals surface area contributed by atoms with Gasteiger partial charge in [0, 0.05) is 5.69 Å². The molecule has 0 aliphatic heterocycles. The number of hydrogen-bond donors (Lipinski definition) is 3. The number of aliphatic imine (C=N–C) groups is 1. The van der Waals surface area contributed by atoms with E-state index in [4.69, 9.17) is 11.5 Å². The van der Waals surface area contributed by atoms with E-state index < -0.39 is 5.41 Å². The van der Waals surface area contributed by atoms with Gasteiger partial charge in [-0.2, -0.15) is 0 Å². The van der Waals surface area contributed by atoms with Crippen molar-refractivity contribution in [3.8, 4) is 0 Å². The molecule has 0 aromatic heterocycles. The molecule has 0 radical (unpaired) electrons. The maximum atomic E-state index is 11.3. The van der Waals surface area contributed by atoms with Crippen LogP contribution in [0.25, 0.3) is 0 Å². The second-order valence-electron chi connectivity index (χ2n) is 5.73. The molecule has 5 heteroatoms. The van der Waals surface area contributed by atoms with Crippen LogP contribution in [0.3, 0.4) is 0 Å². The zero-order chi connectivity index (χ0) is 16.0. The second-order valence-corrected chi connectivity index (χ2v) is 5.73. The molecule has 116 valence electrons. The SMILES string of the molecule is CCc1cccc(CC)c1NC(N)=NCC(C)(C)C(N)=O. The van der Waals surface area contributed by atoms with E-state index in [1.807, 2.05) is 6.07 Å². The molecular formula is C16H26N4O. The van der Waals surface area contributed by atoms with Crippen molar-refractivity contribution in [2.45, 2.75) is 40.5 Å². The standard InChI is InChI=1S/C16H26N4O/c1-5-11-8-7-9-12(6-2)13(11)20-15(18)19-10-16(3,4)14(17)21/h7-9H,5-6,10H2,1-4H3,(H2,17,21)(H3,18,19,20). The summed E-state index contributed by atoms with van der Waals surface area (Å²) >= 11 is 0. The molecule has 0 saturated carbocycles. The largest absolute Gasteiger partial charge is 0.370 e. The Labute approximate surface area is 126 Å². The fourth-order valence-electron chi connectivity index (χ4n) is 1.93. The Morgan fingerprint density at radius 2 is 1.71 bits per heavy atom. The number of benzene rings is 1. The Kier molecular flexibility index (Phi) is 5.76. The summed E-state index contributed by atoms with van der Waals surface area (Å²) in [5.74, 6) is -0.0813. The molecule has 0 fully saturated rings. The predicted molar refractivity (Wildman–Crippen MR) is 88.3 cm³/mol. The average Bonchev–Trinajstić information content (AvgIpc) is 2.45. The molecule has 0 bridgehead atoms. The van der Waals surface area contributed by atoms with Gasteiger partial charge in [-0.25, -0.2) is 0 Å². The minimum absolute atomic E-state index is 0.261. The van der Waals surface area contributed by atoms with E-state index in [-0.39, 0.29) is 12.5 Å². The van der Waals surface area contributed by atoms with Crippen molar-refractivity contribution in [3.63, 3.8) is 0 Å². The number of nitrogens with one attached hydrogen (secondary N) is 1. The quantitative estimate of drug-likeness (QED) is 0.553. The molecule has 21 heavy (non-hydrogen) atoms. The summed E-state index contributed by atoms with van der Waals surface area (Å²) in [5, 5.41) is 3.17. The lowest BCUT2D eigenvalue weighted by molar-refractivity contribution is -0.125. The van der Waals surface area contributed by atoms with Gasteiger partial charge in [-0.3, -0.25) is 9.79 Å². The van der Waals surface area contributed by atoms with Crippen molar-refractivity contribution < 1.29 is 4.79 Å². The molecule has 1 rings (SSSR count). The van der Waals surface area contributed by atoms with E-state index in [0.717, 1.165) is 18.5 Å². The van der Waals surface area contributed by atoms with Crippen LogP contribution in [0.4, 0.5) is 5.69 Å². The Bertz CT molecular complexity index is 513. The van der Waals surface area contributed by atoms with Crippen LogP contribution in [0.5, 0.6) is 0 Å². The number of rotatable bonds is 6. The summed E-state index contributed by atoms with van der Waals surface area (Å²) in [6.07, 6.45) is 1.83. The summed E-state index contributed by atoms with van der Waals surface area (Å²) in [4.78, 5) is 15.5. The summed E-state index contributed by atoms with van der Waals surface area (Å²) in [5.41, 5.74) is 14.0. The van der Waals surface area contributed by atoms with Crippen LogP contribution in [0.1, 0.15) is 38.8 Å². The highest BCUT2D eigenvalue weighted by Gasteiger charge is 2.24. The van der Waals surface area contributed by atoms with E-state index in [2.05, 4.69) is 36.3 Å². The molecule has 0 aliphatic carbocycles. The van der Waals surface area contributed by atoms with Crippen molar-refractivity contribution in [1.29, 1.82) is 0 Å². The van der Waals surface area contributed by atoms with E-state index in [1.165, 1.54) is 11.1 Å². The summed E-state index contributed by atoms with van der Waals surface area (Å²) < 4.78 is 0. The number of hydrogen-bond acceptors (Lipinski definition) is 2. The maximum Gasteiger partial charge on any atom is 0.224 e. The highest BCUT2D eigenvalue weighted by Crippen LogP contribution is 2.22. The Morgan fingerprint density at radius 3 is 2.14 bits per heavy atom. The third kappa shape index (κ3) is 4.48. The average molecular weight is 290 g/mol. The fourth-order valence-corrected chi connectivity index (χ4v) is 1.93. The number of carbonyl (C=O) groups excluding carboxylic acids is 1. The van der Waals surface area contributed by atoms with Gasteiger partial charge in [-0.1, -0.05) is 32.0 Å². The van der Waals surface area contributed by atoms with Gasteiger partial charge in [0.2, 0.25) is 5.91 Å². The van der Waals surface area contributed by atoms with Crippen molar-refractivity contribution in [3.05, 3.63) is 29.3 Å². The van der Waals surface area contributed by atoms with Gasteiger partial charge in [-0.05, 0) is 37.8 Å². The maximum absolute atomic E-state index is 11.3. The highest BCUT2D eigenvalue weighted by molar-refractivity contribution is 5.94. The van der Waals surface area contributed by atoms with E-state index in [9.17, 15) is 4.79 Å². The van der Waals surface area contributed by atoms with Crippen LogP contribution in [-0.4, -0.2) is 18.4 Å². The molecule has 0 unspecified atom stereocenters. The molecule has 0 spiro atoms. The van der Waals surface area contributed by atoms with Gasteiger partial charge in [0.1, 0.15) is 0 Å². The minimum atomic E-state index is -0.704. The lowest BCUT2D eigenvalue weighted by atomic mass is 9.93. The van der Waals surface area contributed by atoms with Gasteiger partial charge >= 0.3 is 0 Å². The Morgan fingerprint density at radius 1 is 1.19 bits per heavy atom. The first-order valence-corrected chi connectivity index (χ1v) is 7.29. The third-order valence-electron chi connectivity index (χ3n) is 3.56. The predicted octanol–water partition coefficient (Wildman–Crippen LogP) is 2.05. The van der Waals surface area contributed by atoms with Gasteiger partial charge in [0.25, 0.3) is 0 Å².